The molecule has 1 aromatic heterocycles. The van der Waals surface area contributed by atoms with Crippen molar-refractivity contribution >= 4 is 17.5 Å². The zero-order valence-corrected chi connectivity index (χ0v) is 11.1. The van der Waals surface area contributed by atoms with Crippen LogP contribution in [0.5, 0.6) is 5.88 Å². The second kappa shape index (κ2) is 5.54. The van der Waals surface area contributed by atoms with Crippen LogP contribution in [-0.2, 0) is 4.84 Å². The van der Waals surface area contributed by atoms with Gasteiger partial charge >= 0.3 is 0 Å². The predicted molar refractivity (Wildman–Crippen MR) is 69.0 cm³/mol. The molecule has 1 fully saturated rings. The lowest BCUT2D eigenvalue weighted by molar-refractivity contribution is 0.190. The molecule has 0 aromatic carbocycles. The van der Waals surface area contributed by atoms with Crippen molar-refractivity contribution in [2.45, 2.75) is 25.9 Å². The third-order valence-corrected chi connectivity index (χ3v) is 3.13. The monoisotopic (exact) mass is 269 g/mol. The number of hydrogen-bond donors (Lipinski definition) is 2. The minimum Gasteiger partial charge on any atom is -0.473 e. The van der Waals surface area contributed by atoms with Crippen LogP contribution in [0.4, 0.5) is 0 Å². The van der Waals surface area contributed by atoms with Gasteiger partial charge in [-0.05, 0) is 31.7 Å². The molecule has 18 heavy (non-hydrogen) atoms. The Morgan fingerprint density at radius 2 is 2.33 bits per heavy atom. The topological polar surface area (TPSA) is 67.2 Å². The Kier molecular flexibility index (Phi) is 4.04. The van der Waals surface area contributed by atoms with Crippen molar-refractivity contribution in [2.75, 3.05) is 7.05 Å². The van der Waals surface area contributed by atoms with Crippen LogP contribution in [-0.4, -0.2) is 24.0 Å². The molecule has 0 radical (unpaired) electrons. The van der Waals surface area contributed by atoms with Gasteiger partial charge in [-0.15, -0.1) is 0 Å². The molecule has 1 aromatic rings. The highest BCUT2D eigenvalue weighted by Gasteiger charge is 2.30. The van der Waals surface area contributed by atoms with Crippen LogP contribution in [0.15, 0.2) is 12.3 Å². The molecule has 0 aliphatic heterocycles. The fraction of sp³-hybridized carbons (Fsp3) is 0.500. The van der Waals surface area contributed by atoms with E-state index in [9.17, 15) is 0 Å². The van der Waals surface area contributed by atoms with Gasteiger partial charge in [-0.25, -0.2) is 4.98 Å². The second-order valence-electron chi connectivity index (χ2n) is 4.31. The number of hydroxylamine groups is 1. The number of pyridine rings is 1. The van der Waals surface area contributed by atoms with E-state index in [1.165, 1.54) is 19.0 Å². The Hall–Kier alpha value is -1.33. The first-order valence-corrected chi connectivity index (χ1v) is 6.24. The Morgan fingerprint density at radius 3 is 2.89 bits per heavy atom. The standard InChI is InChI=1S/C12H16ClN3O2/c1-7(8-3-4-8)17-12-10(13)5-9(6-16-12)11(14)18-15-2/h5-8,14-15H,3-4H2,1-2H3. The second-order valence-corrected chi connectivity index (χ2v) is 4.71. The number of nitrogens with zero attached hydrogens (tertiary/aromatic N) is 1. The average Bonchev–Trinajstić information content (AvgIpc) is 3.16. The van der Waals surface area contributed by atoms with E-state index in [-0.39, 0.29) is 12.0 Å². The van der Waals surface area contributed by atoms with Crippen molar-refractivity contribution in [1.82, 2.24) is 10.5 Å². The minimum atomic E-state index is -0.0336. The van der Waals surface area contributed by atoms with Crippen LogP contribution < -0.4 is 10.2 Å². The molecule has 0 amide bonds. The van der Waals surface area contributed by atoms with Crippen LogP contribution in [0, 0.1) is 11.3 Å². The summed E-state index contributed by atoms with van der Waals surface area (Å²) in [7, 11) is 1.58. The molecule has 1 atom stereocenters. The van der Waals surface area contributed by atoms with Gasteiger partial charge < -0.3 is 9.57 Å². The number of halogens is 1. The summed E-state index contributed by atoms with van der Waals surface area (Å²) in [5, 5.41) is 7.99. The molecule has 1 unspecified atom stereocenters. The van der Waals surface area contributed by atoms with Gasteiger partial charge in [0.25, 0.3) is 0 Å². The lowest BCUT2D eigenvalue weighted by Crippen LogP contribution is -2.17. The smallest absolute Gasteiger partial charge is 0.239 e. The van der Waals surface area contributed by atoms with Crippen LogP contribution in [0.25, 0.3) is 0 Å². The van der Waals surface area contributed by atoms with Gasteiger partial charge in [0, 0.05) is 13.2 Å². The summed E-state index contributed by atoms with van der Waals surface area (Å²) in [6.45, 7) is 2.02. The van der Waals surface area contributed by atoms with Gasteiger partial charge in [0.1, 0.15) is 11.1 Å². The van der Waals surface area contributed by atoms with Gasteiger partial charge in [0.05, 0.1) is 5.56 Å². The van der Waals surface area contributed by atoms with E-state index in [2.05, 4.69) is 10.5 Å². The fourth-order valence-electron chi connectivity index (χ4n) is 1.64. The number of rotatable bonds is 5. The molecule has 1 heterocycles. The SMILES string of the molecule is CNOC(=N)c1cnc(OC(C)C2CC2)c(Cl)c1. The van der Waals surface area contributed by atoms with Crippen LogP contribution >= 0.6 is 11.6 Å². The lowest BCUT2D eigenvalue weighted by atomic mass is 10.2. The molecule has 98 valence electrons. The first kappa shape index (κ1) is 13.1. The summed E-state index contributed by atoms with van der Waals surface area (Å²) < 4.78 is 5.69. The van der Waals surface area contributed by atoms with E-state index < -0.39 is 0 Å². The molecule has 2 N–H and O–H groups in total. The lowest BCUT2D eigenvalue weighted by Gasteiger charge is -2.14. The third kappa shape index (κ3) is 3.11. The summed E-state index contributed by atoms with van der Waals surface area (Å²) in [6.07, 6.45) is 4.06. The summed E-state index contributed by atoms with van der Waals surface area (Å²) in [6, 6.07) is 1.61. The zero-order chi connectivity index (χ0) is 13.1. The number of nitrogens with one attached hydrogen (secondary N) is 2. The highest BCUT2D eigenvalue weighted by molar-refractivity contribution is 6.32. The largest absolute Gasteiger partial charge is 0.473 e. The molecule has 6 heteroatoms. The summed E-state index contributed by atoms with van der Waals surface area (Å²) >= 11 is 6.08. The average molecular weight is 270 g/mol. The van der Waals surface area contributed by atoms with E-state index in [4.69, 9.17) is 26.6 Å². The quantitative estimate of drug-likeness (QED) is 0.489. The van der Waals surface area contributed by atoms with E-state index in [1.807, 2.05) is 6.92 Å². The zero-order valence-electron chi connectivity index (χ0n) is 10.4. The van der Waals surface area contributed by atoms with Crippen LogP contribution in [0.1, 0.15) is 25.3 Å². The maximum atomic E-state index is 7.59. The van der Waals surface area contributed by atoms with Gasteiger partial charge in [0.2, 0.25) is 11.8 Å². The Labute approximate surface area is 111 Å². The van der Waals surface area contributed by atoms with Crippen LogP contribution in [0.2, 0.25) is 5.02 Å². The summed E-state index contributed by atoms with van der Waals surface area (Å²) in [4.78, 5) is 8.97. The van der Waals surface area contributed by atoms with Crippen molar-refractivity contribution in [3.05, 3.63) is 22.8 Å². The third-order valence-electron chi connectivity index (χ3n) is 2.86. The van der Waals surface area contributed by atoms with Gasteiger partial charge in [0.15, 0.2) is 0 Å². The predicted octanol–water partition coefficient (Wildman–Crippen LogP) is 2.39. The van der Waals surface area contributed by atoms with E-state index in [0.29, 0.717) is 22.4 Å². The fourth-order valence-corrected chi connectivity index (χ4v) is 1.85. The van der Waals surface area contributed by atoms with Crippen molar-refractivity contribution < 1.29 is 9.57 Å². The van der Waals surface area contributed by atoms with E-state index in [1.54, 1.807) is 13.1 Å². The van der Waals surface area contributed by atoms with Gasteiger partial charge in [-0.1, -0.05) is 11.6 Å². The first-order chi connectivity index (χ1) is 8.61. The van der Waals surface area contributed by atoms with Crippen LogP contribution in [0.3, 0.4) is 0 Å². The summed E-state index contributed by atoms with van der Waals surface area (Å²) in [5.41, 5.74) is 2.93. The Bertz CT molecular complexity index is 449. The number of hydrogen-bond acceptors (Lipinski definition) is 5. The first-order valence-electron chi connectivity index (χ1n) is 5.86. The Morgan fingerprint density at radius 1 is 1.61 bits per heavy atom. The molecular weight excluding hydrogens is 254 g/mol. The molecule has 2 rings (SSSR count). The van der Waals surface area contributed by atoms with Gasteiger partial charge in [-0.2, -0.15) is 5.48 Å². The highest BCUT2D eigenvalue weighted by atomic mass is 35.5. The maximum absolute atomic E-state index is 7.59. The van der Waals surface area contributed by atoms with Crippen molar-refractivity contribution in [1.29, 1.82) is 5.41 Å². The van der Waals surface area contributed by atoms with Crippen molar-refractivity contribution in [2.24, 2.45) is 5.92 Å². The molecule has 5 nitrogen and oxygen atoms in total. The Balaban J connectivity index is 2.06. The van der Waals surface area contributed by atoms with Gasteiger partial charge in [-0.3, -0.25) is 5.41 Å². The van der Waals surface area contributed by atoms with E-state index in [0.717, 1.165) is 0 Å². The normalized spacial score (nSPS) is 16.2. The van der Waals surface area contributed by atoms with Crippen molar-refractivity contribution in [3.8, 4) is 5.88 Å². The highest BCUT2D eigenvalue weighted by Crippen LogP contribution is 2.35. The molecule has 0 bridgehead atoms. The van der Waals surface area contributed by atoms with Crippen molar-refractivity contribution in [3.63, 3.8) is 0 Å². The molecule has 0 saturated heterocycles. The molecule has 0 spiro atoms. The van der Waals surface area contributed by atoms with E-state index >= 15 is 0 Å². The summed E-state index contributed by atoms with van der Waals surface area (Å²) in [5.74, 6) is 0.999. The molecule has 1 aliphatic rings. The molecule has 1 aliphatic carbocycles. The molecular formula is C12H16ClN3O2. The number of aromatic nitrogens is 1. The minimum absolute atomic E-state index is 0.0336. The number of ether oxygens (including phenoxy) is 1. The maximum Gasteiger partial charge on any atom is 0.239 e. The molecule has 1 saturated carbocycles.